The highest BCUT2D eigenvalue weighted by molar-refractivity contribution is 7.19. The van der Waals surface area contributed by atoms with Gasteiger partial charge in [0.25, 0.3) is 0 Å². The number of fused-ring (bicyclic) bond motifs is 3. The van der Waals surface area contributed by atoms with Crippen molar-refractivity contribution in [2.24, 2.45) is 0 Å². The van der Waals surface area contributed by atoms with Gasteiger partial charge in [0.1, 0.15) is 17.0 Å². The molecule has 7 heteroatoms. The van der Waals surface area contributed by atoms with Gasteiger partial charge in [0.15, 0.2) is 6.29 Å². The number of anilines is 1. The number of rotatable bonds is 5. The fraction of sp³-hybridized carbons (Fsp3) is 0.684. The van der Waals surface area contributed by atoms with E-state index < -0.39 is 6.29 Å². The van der Waals surface area contributed by atoms with E-state index in [1.165, 1.54) is 23.3 Å². The van der Waals surface area contributed by atoms with Gasteiger partial charge in [-0.3, -0.25) is 0 Å². The summed E-state index contributed by atoms with van der Waals surface area (Å²) in [6.45, 7) is 0. The number of aliphatic hydroxyl groups is 2. The summed E-state index contributed by atoms with van der Waals surface area (Å²) in [4.78, 5) is 13.7. The fourth-order valence-electron chi connectivity index (χ4n) is 4.60. The molecule has 3 N–H and O–H groups in total. The second-order valence-electron chi connectivity index (χ2n) is 7.91. The summed E-state index contributed by atoms with van der Waals surface area (Å²) in [7, 11) is 4.33. The minimum absolute atomic E-state index is 0.190. The molecule has 2 aromatic heterocycles. The number of nitrogens with one attached hydrogen (secondary N) is 1. The third-order valence-corrected chi connectivity index (χ3v) is 7.17. The highest BCUT2D eigenvalue weighted by Crippen LogP contribution is 2.47. The van der Waals surface area contributed by atoms with Crippen LogP contribution in [0.5, 0.6) is 0 Å². The second-order valence-corrected chi connectivity index (χ2v) is 8.99. The van der Waals surface area contributed by atoms with Crippen LogP contribution in [0, 0.1) is 0 Å². The third kappa shape index (κ3) is 3.45. The Balaban J connectivity index is 1.58. The molecular weight excluding hydrogens is 348 g/mol. The van der Waals surface area contributed by atoms with Crippen LogP contribution in [-0.4, -0.2) is 57.5 Å². The van der Waals surface area contributed by atoms with Crippen LogP contribution in [0.3, 0.4) is 0 Å². The van der Waals surface area contributed by atoms with Gasteiger partial charge < -0.3 is 20.4 Å². The average molecular weight is 377 g/mol. The van der Waals surface area contributed by atoms with Crippen LogP contribution in [0.1, 0.15) is 54.9 Å². The topological polar surface area (TPSA) is 81.5 Å². The molecule has 2 aliphatic rings. The number of hydrogen-bond acceptors (Lipinski definition) is 7. The van der Waals surface area contributed by atoms with E-state index in [0.717, 1.165) is 41.7 Å². The monoisotopic (exact) mass is 376 g/mol. The summed E-state index contributed by atoms with van der Waals surface area (Å²) in [5.41, 5.74) is 1.25. The predicted molar refractivity (Wildman–Crippen MR) is 105 cm³/mol. The van der Waals surface area contributed by atoms with Crippen LogP contribution in [-0.2, 0) is 6.42 Å². The van der Waals surface area contributed by atoms with E-state index in [2.05, 4.69) is 34.3 Å². The maximum absolute atomic E-state index is 9.46. The highest BCUT2D eigenvalue weighted by Gasteiger charge is 2.31. The largest absolute Gasteiger partial charge is 0.368 e. The Morgan fingerprint density at radius 1 is 1.19 bits per heavy atom. The lowest BCUT2D eigenvalue weighted by atomic mass is 9.90. The van der Waals surface area contributed by atoms with Crippen molar-refractivity contribution >= 4 is 27.4 Å². The van der Waals surface area contributed by atoms with E-state index in [1.54, 1.807) is 17.7 Å². The van der Waals surface area contributed by atoms with E-state index in [0.29, 0.717) is 18.5 Å². The Hall–Kier alpha value is -1.28. The molecule has 0 spiro atoms. The third-order valence-electron chi connectivity index (χ3n) is 5.99. The van der Waals surface area contributed by atoms with Gasteiger partial charge in [-0.25, -0.2) is 9.97 Å². The Bertz CT molecular complexity index is 768. The van der Waals surface area contributed by atoms with Gasteiger partial charge in [0.2, 0.25) is 0 Å². The van der Waals surface area contributed by atoms with Gasteiger partial charge in [-0.1, -0.05) is 0 Å². The summed E-state index contributed by atoms with van der Waals surface area (Å²) in [5.74, 6) is 1.12. The van der Waals surface area contributed by atoms with Crippen molar-refractivity contribution in [3.05, 3.63) is 16.8 Å². The van der Waals surface area contributed by atoms with Gasteiger partial charge in [-0.05, 0) is 64.1 Å². The molecular formula is C19H28N4O2S. The molecule has 1 atom stereocenters. The van der Waals surface area contributed by atoms with Crippen LogP contribution in [0.25, 0.3) is 10.2 Å². The SMILES string of the molecule is CN(C)[C@H]1CC[C@H](Nc2ncnc3sc4c(c23)C(CC(O)O)CC4)CC1. The summed E-state index contributed by atoms with van der Waals surface area (Å²) in [6, 6.07) is 1.13. The van der Waals surface area contributed by atoms with E-state index in [4.69, 9.17) is 0 Å². The normalized spacial score (nSPS) is 26.0. The summed E-state index contributed by atoms with van der Waals surface area (Å²) < 4.78 is 0. The molecule has 0 radical (unpaired) electrons. The number of nitrogens with zero attached hydrogens (tertiary/aromatic N) is 3. The average Bonchev–Trinajstić information content (AvgIpc) is 3.15. The molecule has 2 aliphatic carbocycles. The molecule has 1 fully saturated rings. The maximum atomic E-state index is 9.46. The summed E-state index contributed by atoms with van der Waals surface area (Å²) in [5, 5.41) is 23.7. The molecule has 0 aliphatic heterocycles. The molecule has 0 saturated heterocycles. The Morgan fingerprint density at radius 2 is 1.96 bits per heavy atom. The van der Waals surface area contributed by atoms with Crippen molar-refractivity contribution < 1.29 is 10.2 Å². The number of thiophene rings is 1. The molecule has 1 saturated carbocycles. The molecule has 0 aromatic carbocycles. The first kappa shape index (κ1) is 18.1. The minimum Gasteiger partial charge on any atom is -0.368 e. The maximum Gasteiger partial charge on any atom is 0.152 e. The number of aromatic nitrogens is 2. The van der Waals surface area contributed by atoms with Crippen LogP contribution in [0.15, 0.2) is 6.33 Å². The van der Waals surface area contributed by atoms with Crippen molar-refractivity contribution in [1.29, 1.82) is 0 Å². The number of hydrogen-bond donors (Lipinski definition) is 3. The Labute approximate surface area is 158 Å². The predicted octanol–water partition coefficient (Wildman–Crippen LogP) is 2.71. The van der Waals surface area contributed by atoms with Crippen molar-refractivity contribution in [2.75, 3.05) is 19.4 Å². The lowest BCUT2D eigenvalue weighted by molar-refractivity contribution is -0.0496. The Kier molecular flexibility index (Phi) is 5.14. The first-order chi connectivity index (χ1) is 12.5. The molecule has 0 bridgehead atoms. The molecule has 2 aromatic rings. The standard InChI is InChI=1S/C19H28N4O2S/c1-23(2)13-6-4-12(5-7-13)22-18-17-16-11(9-15(24)25)3-8-14(16)26-19(17)21-10-20-18/h10-13,15,24-25H,3-9H2,1-2H3,(H,20,21,22)/t11?,12-,13-. The van der Waals surface area contributed by atoms with Crippen LogP contribution in [0.2, 0.25) is 0 Å². The highest BCUT2D eigenvalue weighted by atomic mass is 32.1. The first-order valence-electron chi connectivity index (χ1n) is 9.58. The lowest BCUT2D eigenvalue weighted by Crippen LogP contribution is -2.36. The van der Waals surface area contributed by atoms with Gasteiger partial charge >= 0.3 is 0 Å². The van der Waals surface area contributed by atoms with Crippen LogP contribution < -0.4 is 5.32 Å². The van der Waals surface area contributed by atoms with Crippen LogP contribution in [0.4, 0.5) is 5.82 Å². The fourth-order valence-corrected chi connectivity index (χ4v) is 5.84. The Morgan fingerprint density at radius 3 is 2.65 bits per heavy atom. The molecule has 2 heterocycles. The second kappa shape index (κ2) is 7.38. The van der Waals surface area contributed by atoms with Crippen molar-refractivity contribution in [3.8, 4) is 0 Å². The first-order valence-corrected chi connectivity index (χ1v) is 10.4. The molecule has 0 amide bonds. The summed E-state index contributed by atoms with van der Waals surface area (Å²) in [6.07, 6.45) is 7.48. The molecule has 6 nitrogen and oxygen atoms in total. The zero-order chi connectivity index (χ0) is 18.3. The van der Waals surface area contributed by atoms with Crippen LogP contribution >= 0.6 is 11.3 Å². The van der Waals surface area contributed by atoms with Crippen molar-refractivity contribution in [1.82, 2.24) is 14.9 Å². The van der Waals surface area contributed by atoms with Crippen molar-refractivity contribution in [3.63, 3.8) is 0 Å². The molecule has 142 valence electrons. The van der Waals surface area contributed by atoms with E-state index in [9.17, 15) is 10.2 Å². The smallest absolute Gasteiger partial charge is 0.152 e. The zero-order valence-corrected chi connectivity index (χ0v) is 16.3. The summed E-state index contributed by atoms with van der Waals surface area (Å²) >= 11 is 1.74. The molecule has 4 rings (SSSR count). The number of aryl methyl sites for hydroxylation is 1. The number of aliphatic hydroxyl groups excluding tert-OH is 1. The van der Waals surface area contributed by atoms with E-state index in [-0.39, 0.29) is 5.92 Å². The van der Waals surface area contributed by atoms with Gasteiger partial charge in [0, 0.05) is 23.4 Å². The van der Waals surface area contributed by atoms with Gasteiger partial charge in [0.05, 0.1) is 5.39 Å². The quantitative estimate of drug-likeness (QED) is 0.696. The van der Waals surface area contributed by atoms with E-state index in [1.807, 2.05) is 0 Å². The van der Waals surface area contributed by atoms with E-state index >= 15 is 0 Å². The van der Waals surface area contributed by atoms with Crippen molar-refractivity contribution in [2.45, 2.75) is 69.2 Å². The molecule has 26 heavy (non-hydrogen) atoms. The molecule has 1 unspecified atom stereocenters. The van der Waals surface area contributed by atoms with Gasteiger partial charge in [-0.2, -0.15) is 0 Å². The van der Waals surface area contributed by atoms with Gasteiger partial charge in [-0.15, -0.1) is 11.3 Å². The minimum atomic E-state index is -1.26. The zero-order valence-electron chi connectivity index (χ0n) is 15.5. The lowest BCUT2D eigenvalue weighted by Gasteiger charge is -2.33.